The van der Waals surface area contributed by atoms with Crippen LogP contribution in [0.25, 0.3) is 0 Å². The van der Waals surface area contributed by atoms with Crippen LogP contribution in [0.2, 0.25) is 0 Å². The van der Waals surface area contributed by atoms with Gasteiger partial charge in [0.05, 0.1) is 0 Å². The fraction of sp³-hybridized carbons (Fsp3) is 0.867. The molecule has 0 aliphatic carbocycles. The number of carbonyl (C=O) groups excluding carboxylic acids is 1. The van der Waals surface area contributed by atoms with Crippen LogP contribution in [0.5, 0.6) is 0 Å². The molecule has 0 bridgehead atoms. The van der Waals surface area contributed by atoms with E-state index in [2.05, 4.69) is 13.8 Å². The summed E-state index contributed by atoms with van der Waals surface area (Å²) in [5, 5.41) is 8.74. The Morgan fingerprint density at radius 2 is 2.10 bits per heavy atom. The van der Waals surface area contributed by atoms with Gasteiger partial charge in [0.1, 0.15) is 0 Å². The van der Waals surface area contributed by atoms with E-state index < -0.39 is 5.97 Å². The highest BCUT2D eigenvalue weighted by molar-refractivity contribution is 5.74. The van der Waals surface area contributed by atoms with E-state index in [9.17, 15) is 9.59 Å². The Kier molecular flexibility index (Phi) is 6.82. The fourth-order valence-corrected chi connectivity index (χ4v) is 2.59. The van der Waals surface area contributed by atoms with Gasteiger partial charge >= 0.3 is 12.0 Å². The maximum Gasteiger partial charge on any atom is 0.319 e. The number of piperidine rings is 1. The van der Waals surface area contributed by atoms with Crippen LogP contribution in [0.1, 0.15) is 46.0 Å². The number of aliphatic carboxylic acids is 1. The lowest BCUT2D eigenvalue weighted by Gasteiger charge is -2.35. The zero-order valence-corrected chi connectivity index (χ0v) is 13.0. The highest BCUT2D eigenvalue weighted by atomic mass is 16.4. The number of likely N-dealkylation sites (tertiary alicyclic amines) is 1. The van der Waals surface area contributed by atoms with Crippen molar-refractivity contribution < 1.29 is 14.7 Å². The molecule has 0 saturated carbocycles. The lowest BCUT2D eigenvalue weighted by atomic mass is 9.93. The summed E-state index contributed by atoms with van der Waals surface area (Å²) in [4.78, 5) is 26.6. The topological polar surface area (TPSA) is 60.9 Å². The van der Waals surface area contributed by atoms with Gasteiger partial charge in [-0.3, -0.25) is 4.79 Å². The SMILES string of the molecule is CC(C)CCN(C)C(=O)N1CCCC(CCC(=O)O)C1. The molecule has 2 amide bonds. The standard InChI is InChI=1S/C15H28N2O3/c1-12(2)8-10-16(3)15(20)17-9-4-5-13(11-17)6-7-14(18)19/h12-13H,4-11H2,1-3H3,(H,18,19). The molecule has 0 radical (unpaired) electrons. The van der Waals surface area contributed by atoms with E-state index in [4.69, 9.17) is 5.11 Å². The van der Waals surface area contributed by atoms with Crippen LogP contribution in [0, 0.1) is 11.8 Å². The molecule has 20 heavy (non-hydrogen) atoms. The maximum atomic E-state index is 12.3. The predicted octanol–water partition coefficient (Wildman–Crippen LogP) is 2.66. The molecule has 1 atom stereocenters. The van der Waals surface area contributed by atoms with Crippen molar-refractivity contribution in [3.8, 4) is 0 Å². The zero-order valence-electron chi connectivity index (χ0n) is 13.0. The van der Waals surface area contributed by atoms with Crippen LogP contribution >= 0.6 is 0 Å². The summed E-state index contributed by atoms with van der Waals surface area (Å²) in [7, 11) is 1.85. The number of rotatable bonds is 6. The number of hydrogen-bond donors (Lipinski definition) is 1. The molecule has 1 aliphatic heterocycles. The third kappa shape index (κ3) is 5.80. The molecule has 1 rings (SSSR count). The average molecular weight is 284 g/mol. The Bertz CT molecular complexity index is 331. The third-order valence-electron chi connectivity index (χ3n) is 3.92. The van der Waals surface area contributed by atoms with Crippen molar-refractivity contribution in [3.63, 3.8) is 0 Å². The second kappa shape index (κ2) is 8.12. The van der Waals surface area contributed by atoms with Crippen molar-refractivity contribution in [1.29, 1.82) is 0 Å². The Morgan fingerprint density at radius 3 is 2.70 bits per heavy atom. The lowest BCUT2D eigenvalue weighted by molar-refractivity contribution is -0.137. The van der Waals surface area contributed by atoms with Gasteiger partial charge in [-0.05, 0) is 37.5 Å². The zero-order chi connectivity index (χ0) is 15.1. The van der Waals surface area contributed by atoms with Gasteiger partial charge in [0.2, 0.25) is 0 Å². The summed E-state index contributed by atoms with van der Waals surface area (Å²) in [5.74, 6) is 0.180. The van der Waals surface area contributed by atoms with E-state index in [0.29, 0.717) is 24.8 Å². The van der Waals surface area contributed by atoms with Crippen LogP contribution in [0.15, 0.2) is 0 Å². The number of carboxylic acid groups (broad SMARTS) is 1. The molecule has 116 valence electrons. The van der Waals surface area contributed by atoms with Crippen molar-refractivity contribution in [2.45, 2.75) is 46.0 Å². The van der Waals surface area contributed by atoms with Crippen LogP contribution in [-0.2, 0) is 4.79 Å². The first-order chi connectivity index (χ1) is 9.40. The Labute approximate surface area is 121 Å². The first-order valence-corrected chi connectivity index (χ1v) is 7.62. The van der Waals surface area contributed by atoms with Crippen molar-refractivity contribution in [2.75, 3.05) is 26.7 Å². The molecule has 0 aromatic rings. The molecule has 5 heteroatoms. The Hall–Kier alpha value is -1.26. The summed E-state index contributed by atoms with van der Waals surface area (Å²) in [6, 6.07) is 0.0886. The molecule has 1 aliphatic rings. The third-order valence-corrected chi connectivity index (χ3v) is 3.92. The molecule has 0 aromatic heterocycles. The molecule has 0 aromatic carbocycles. The van der Waals surface area contributed by atoms with Crippen LogP contribution in [0.4, 0.5) is 4.79 Å². The van der Waals surface area contributed by atoms with Gasteiger partial charge in [-0.1, -0.05) is 13.8 Å². The molecule has 0 spiro atoms. The minimum atomic E-state index is -0.748. The fourth-order valence-electron chi connectivity index (χ4n) is 2.59. The Morgan fingerprint density at radius 1 is 1.40 bits per heavy atom. The summed E-state index contributed by atoms with van der Waals surface area (Å²) < 4.78 is 0. The number of nitrogens with zero attached hydrogens (tertiary/aromatic N) is 2. The molecule has 1 fully saturated rings. The molecular weight excluding hydrogens is 256 g/mol. The van der Waals surface area contributed by atoms with Crippen molar-refractivity contribution in [3.05, 3.63) is 0 Å². The van der Waals surface area contributed by atoms with Crippen molar-refractivity contribution in [1.82, 2.24) is 9.80 Å². The number of carbonyl (C=O) groups is 2. The summed E-state index contributed by atoms with van der Waals surface area (Å²) in [6.07, 6.45) is 3.91. The monoisotopic (exact) mass is 284 g/mol. The van der Waals surface area contributed by atoms with E-state index in [1.54, 1.807) is 4.90 Å². The molecule has 1 N–H and O–H groups in total. The maximum absolute atomic E-state index is 12.3. The minimum absolute atomic E-state index is 0.0886. The summed E-state index contributed by atoms with van der Waals surface area (Å²) >= 11 is 0. The van der Waals surface area contributed by atoms with Crippen molar-refractivity contribution in [2.24, 2.45) is 11.8 Å². The first kappa shape index (κ1) is 16.8. The Balaban J connectivity index is 2.41. The van der Waals surface area contributed by atoms with Gasteiger partial charge in [0.25, 0.3) is 0 Å². The second-order valence-electron chi connectivity index (χ2n) is 6.27. The van der Waals surface area contributed by atoms with Crippen LogP contribution in [-0.4, -0.2) is 53.6 Å². The highest BCUT2D eigenvalue weighted by Gasteiger charge is 2.25. The smallest absolute Gasteiger partial charge is 0.319 e. The van der Waals surface area contributed by atoms with E-state index in [1.807, 2.05) is 11.9 Å². The van der Waals surface area contributed by atoms with Gasteiger partial charge in [0, 0.05) is 33.1 Å². The number of urea groups is 1. The van der Waals surface area contributed by atoms with Gasteiger partial charge in [-0.25, -0.2) is 4.79 Å². The normalized spacial score (nSPS) is 19.2. The van der Waals surface area contributed by atoms with Gasteiger partial charge < -0.3 is 14.9 Å². The average Bonchev–Trinajstić information content (AvgIpc) is 2.42. The summed E-state index contributed by atoms with van der Waals surface area (Å²) in [6.45, 7) is 6.60. The van der Waals surface area contributed by atoms with E-state index in [1.165, 1.54) is 0 Å². The van der Waals surface area contributed by atoms with Crippen LogP contribution < -0.4 is 0 Å². The predicted molar refractivity (Wildman–Crippen MR) is 78.6 cm³/mol. The van der Waals surface area contributed by atoms with E-state index >= 15 is 0 Å². The minimum Gasteiger partial charge on any atom is -0.481 e. The number of amides is 2. The first-order valence-electron chi connectivity index (χ1n) is 7.62. The highest BCUT2D eigenvalue weighted by Crippen LogP contribution is 2.21. The molecular formula is C15H28N2O3. The van der Waals surface area contributed by atoms with Gasteiger partial charge in [0.15, 0.2) is 0 Å². The van der Waals surface area contributed by atoms with E-state index in [0.717, 1.165) is 32.4 Å². The van der Waals surface area contributed by atoms with Crippen LogP contribution in [0.3, 0.4) is 0 Å². The number of carboxylic acids is 1. The molecule has 1 heterocycles. The van der Waals surface area contributed by atoms with Gasteiger partial charge in [-0.15, -0.1) is 0 Å². The summed E-state index contributed by atoms with van der Waals surface area (Å²) in [5.41, 5.74) is 0. The molecule has 1 saturated heterocycles. The molecule has 5 nitrogen and oxygen atoms in total. The largest absolute Gasteiger partial charge is 0.481 e. The van der Waals surface area contributed by atoms with Gasteiger partial charge in [-0.2, -0.15) is 0 Å². The van der Waals surface area contributed by atoms with Crippen molar-refractivity contribution >= 4 is 12.0 Å². The molecule has 1 unspecified atom stereocenters. The quantitative estimate of drug-likeness (QED) is 0.815. The second-order valence-corrected chi connectivity index (χ2v) is 6.27. The lowest BCUT2D eigenvalue weighted by Crippen LogP contribution is -2.46. The van der Waals surface area contributed by atoms with E-state index in [-0.39, 0.29) is 12.5 Å². The number of hydrogen-bond acceptors (Lipinski definition) is 2.